The van der Waals surface area contributed by atoms with Crippen molar-refractivity contribution in [3.8, 4) is 5.75 Å². The van der Waals surface area contributed by atoms with E-state index in [2.05, 4.69) is 5.32 Å². The van der Waals surface area contributed by atoms with E-state index in [1.165, 1.54) is 24.3 Å². The van der Waals surface area contributed by atoms with Crippen molar-refractivity contribution in [1.29, 1.82) is 0 Å². The maximum Gasteiger partial charge on any atom is 0.165 e. The molecule has 0 bridgehead atoms. The molecule has 28 heavy (non-hydrogen) atoms. The Morgan fingerprint density at radius 3 is 2.25 bits per heavy atom. The summed E-state index contributed by atoms with van der Waals surface area (Å²) in [6.45, 7) is 2.54. The van der Waals surface area contributed by atoms with Crippen LogP contribution in [0.3, 0.4) is 0 Å². The van der Waals surface area contributed by atoms with Gasteiger partial charge in [-0.3, -0.25) is 4.79 Å². The topological polar surface area (TPSA) is 38.3 Å². The minimum absolute atomic E-state index is 0.0709. The molecular weight excluding hydrogens is 377 g/mol. The molecule has 0 spiro atoms. The molecule has 144 valence electrons. The van der Waals surface area contributed by atoms with Crippen LogP contribution in [0.25, 0.3) is 0 Å². The van der Waals surface area contributed by atoms with Crippen LogP contribution < -0.4 is 10.1 Å². The minimum Gasteiger partial charge on any atom is -0.494 e. The normalized spacial score (nSPS) is 11.7. The second-order valence-electron chi connectivity index (χ2n) is 6.34. The van der Waals surface area contributed by atoms with Crippen molar-refractivity contribution in [1.82, 2.24) is 0 Å². The zero-order valence-corrected chi connectivity index (χ0v) is 16.2. The first kappa shape index (κ1) is 19.9. The highest BCUT2D eigenvalue weighted by atomic mass is 35.5. The third kappa shape index (κ3) is 5.33. The summed E-state index contributed by atoms with van der Waals surface area (Å²) in [4.78, 5) is 12.7. The van der Waals surface area contributed by atoms with Crippen molar-refractivity contribution in [3.63, 3.8) is 0 Å². The number of hydrogen-bond acceptors (Lipinski definition) is 3. The lowest BCUT2D eigenvalue weighted by Crippen LogP contribution is -2.16. The first-order valence-electron chi connectivity index (χ1n) is 9.09. The van der Waals surface area contributed by atoms with Gasteiger partial charge in [-0.05, 0) is 73.2 Å². The zero-order valence-electron chi connectivity index (χ0n) is 15.5. The third-order valence-corrected chi connectivity index (χ3v) is 4.59. The number of anilines is 1. The molecule has 0 aliphatic rings. The maximum absolute atomic E-state index is 13.1. The summed E-state index contributed by atoms with van der Waals surface area (Å²) < 4.78 is 18.6. The number of hydrogen-bond donors (Lipinski definition) is 1. The van der Waals surface area contributed by atoms with Crippen LogP contribution in [0.1, 0.15) is 35.3 Å². The molecule has 0 aromatic heterocycles. The molecule has 0 aliphatic heterocycles. The van der Waals surface area contributed by atoms with Gasteiger partial charge < -0.3 is 10.1 Å². The van der Waals surface area contributed by atoms with Crippen LogP contribution in [-0.2, 0) is 0 Å². The molecule has 0 saturated heterocycles. The summed E-state index contributed by atoms with van der Waals surface area (Å²) >= 11 is 6.00. The number of ether oxygens (including phenoxy) is 1. The molecule has 5 heteroatoms. The Morgan fingerprint density at radius 1 is 1.00 bits per heavy atom. The quantitative estimate of drug-likeness (QED) is 0.453. The van der Waals surface area contributed by atoms with Gasteiger partial charge in [0.1, 0.15) is 11.6 Å². The lowest BCUT2D eigenvalue weighted by atomic mass is 9.97. The van der Waals surface area contributed by atoms with Crippen LogP contribution in [0.4, 0.5) is 10.1 Å². The number of halogens is 2. The summed E-state index contributed by atoms with van der Waals surface area (Å²) in [7, 11) is 0. The largest absolute Gasteiger partial charge is 0.494 e. The van der Waals surface area contributed by atoms with Crippen molar-refractivity contribution in [2.45, 2.75) is 19.4 Å². The van der Waals surface area contributed by atoms with Gasteiger partial charge in [-0.1, -0.05) is 23.7 Å². The predicted octanol–water partition coefficient (Wildman–Crippen LogP) is 6.30. The maximum atomic E-state index is 13.1. The highest BCUT2D eigenvalue weighted by molar-refractivity contribution is 6.30. The van der Waals surface area contributed by atoms with Crippen LogP contribution >= 0.6 is 11.6 Å². The van der Waals surface area contributed by atoms with Gasteiger partial charge in [0.2, 0.25) is 0 Å². The van der Waals surface area contributed by atoms with Gasteiger partial charge in [-0.2, -0.15) is 0 Å². The first-order chi connectivity index (χ1) is 13.5. The SMILES string of the molecule is CCOc1ccc(NC(CC(=O)c2ccc(F)cc2)c2ccc(Cl)cc2)cc1. The van der Waals surface area contributed by atoms with E-state index in [1.807, 2.05) is 43.3 Å². The van der Waals surface area contributed by atoms with Crippen LogP contribution in [0.5, 0.6) is 5.75 Å². The van der Waals surface area contributed by atoms with E-state index in [0.29, 0.717) is 17.2 Å². The number of ketones is 1. The number of carbonyl (C=O) groups is 1. The van der Waals surface area contributed by atoms with Gasteiger partial charge in [0.05, 0.1) is 12.6 Å². The van der Waals surface area contributed by atoms with E-state index in [-0.39, 0.29) is 24.1 Å². The van der Waals surface area contributed by atoms with Gasteiger partial charge in [0, 0.05) is 22.7 Å². The van der Waals surface area contributed by atoms with E-state index < -0.39 is 0 Å². The number of nitrogens with one attached hydrogen (secondary N) is 1. The standard InChI is InChI=1S/C23H21ClFNO2/c1-2-28-21-13-11-20(12-14-21)26-22(16-3-7-18(24)8-4-16)15-23(27)17-5-9-19(25)10-6-17/h3-14,22,26H,2,15H2,1H3. The Balaban J connectivity index is 1.81. The van der Waals surface area contributed by atoms with Crippen molar-refractivity contribution >= 4 is 23.1 Å². The van der Waals surface area contributed by atoms with Crippen LogP contribution in [0, 0.1) is 5.82 Å². The van der Waals surface area contributed by atoms with Gasteiger partial charge in [0.25, 0.3) is 0 Å². The highest BCUT2D eigenvalue weighted by Gasteiger charge is 2.18. The summed E-state index contributed by atoms with van der Waals surface area (Å²) in [6.07, 6.45) is 0.223. The molecule has 1 atom stereocenters. The summed E-state index contributed by atoms with van der Waals surface area (Å²) in [5.74, 6) is 0.357. The molecular formula is C23H21ClFNO2. The van der Waals surface area contributed by atoms with E-state index in [9.17, 15) is 9.18 Å². The zero-order chi connectivity index (χ0) is 19.9. The van der Waals surface area contributed by atoms with Gasteiger partial charge in [0.15, 0.2) is 5.78 Å². The Bertz CT molecular complexity index is 909. The summed E-state index contributed by atoms with van der Waals surface area (Å²) in [5, 5.41) is 4.04. The number of Topliss-reactive ketones (excluding diaryl/α,β-unsaturated/α-hetero) is 1. The van der Waals surface area contributed by atoms with E-state index >= 15 is 0 Å². The molecule has 0 amide bonds. The average Bonchev–Trinajstić information content (AvgIpc) is 2.70. The van der Waals surface area contributed by atoms with E-state index in [0.717, 1.165) is 17.0 Å². The van der Waals surface area contributed by atoms with Crippen LogP contribution in [0.15, 0.2) is 72.8 Å². The molecule has 3 nitrogen and oxygen atoms in total. The predicted molar refractivity (Wildman–Crippen MR) is 111 cm³/mol. The van der Waals surface area contributed by atoms with Gasteiger partial charge >= 0.3 is 0 Å². The Labute approximate surface area is 169 Å². The molecule has 1 unspecified atom stereocenters. The fourth-order valence-electron chi connectivity index (χ4n) is 2.90. The second-order valence-corrected chi connectivity index (χ2v) is 6.78. The summed E-state index contributed by atoms with van der Waals surface area (Å²) in [6, 6.07) is 20.3. The molecule has 1 N–H and O–H groups in total. The summed E-state index contributed by atoms with van der Waals surface area (Å²) in [5.41, 5.74) is 2.29. The lowest BCUT2D eigenvalue weighted by molar-refractivity contribution is 0.0976. The van der Waals surface area contributed by atoms with Crippen LogP contribution in [0.2, 0.25) is 5.02 Å². The van der Waals surface area contributed by atoms with E-state index in [1.54, 1.807) is 12.1 Å². The number of rotatable bonds is 8. The Hall–Kier alpha value is -2.85. The fraction of sp³-hybridized carbons (Fsp3) is 0.174. The Kier molecular flexibility index (Phi) is 6.66. The molecule has 0 saturated carbocycles. The first-order valence-corrected chi connectivity index (χ1v) is 9.46. The smallest absolute Gasteiger partial charge is 0.165 e. The monoisotopic (exact) mass is 397 g/mol. The minimum atomic E-state index is -0.363. The molecule has 0 aliphatic carbocycles. The van der Waals surface area contributed by atoms with Crippen LogP contribution in [-0.4, -0.2) is 12.4 Å². The highest BCUT2D eigenvalue weighted by Crippen LogP contribution is 2.27. The molecule has 3 aromatic rings. The molecule has 0 fully saturated rings. The molecule has 3 aromatic carbocycles. The van der Waals surface area contributed by atoms with Crippen molar-refractivity contribution in [2.24, 2.45) is 0 Å². The number of carbonyl (C=O) groups excluding carboxylic acids is 1. The van der Waals surface area contributed by atoms with Crippen molar-refractivity contribution in [3.05, 3.63) is 94.8 Å². The third-order valence-electron chi connectivity index (χ3n) is 4.33. The van der Waals surface area contributed by atoms with Gasteiger partial charge in [-0.15, -0.1) is 0 Å². The fourth-order valence-corrected chi connectivity index (χ4v) is 3.03. The van der Waals surface area contributed by atoms with Gasteiger partial charge in [-0.25, -0.2) is 4.39 Å². The van der Waals surface area contributed by atoms with Crippen molar-refractivity contribution in [2.75, 3.05) is 11.9 Å². The number of benzene rings is 3. The van der Waals surface area contributed by atoms with E-state index in [4.69, 9.17) is 16.3 Å². The molecule has 0 radical (unpaired) electrons. The lowest BCUT2D eigenvalue weighted by Gasteiger charge is -2.20. The van der Waals surface area contributed by atoms with Crippen molar-refractivity contribution < 1.29 is 13.9 Å². The molecule has 0 heterocycles. The molecule has 3 rings (SSSR count). The average molecular weight is 398 g/mol. The Morgan fingerprint density at radius 2 is 1.64 bits per heavy atom. The second kappa shape index (κ2) is 9.38.